The monoisotopic (exact) mass is 430 g/mol. The van der Waals surface area contributed by atoms with Gasteiger partial charge in [0.2, 0.25) is 5.76 Å². The molecule has 0 aliphatic carbocycles. The fourth-order valence-electron chi connectivity index (χ4n) is 2.36. The van der Waals surface area contributed by atoms with Crippen LogP contribution < -0.4 is 14.9 Å². The lowest BCUT2D eigenvalue weighted by atomic mass is 10.2. The average molecular weight is 431 g/mol. The molecule has 0 amide bonds. The molecule has 9 nitrogen and oxygen atoms in total. The highest BCUT2D eigenvalue weighted by molar-refractivity contribution is 6.29. The lowest BCUT2D eigenvalue weighted by Crippen LogP contribution is -2.01. The maximum atomic E-state index is 11.5. The molecule has 0 radical (unpaired) electrons. The Morgan fingerprint density at radius 3 is 2.77 bits per heavy atom. The number of hydrazone groups is 1. The zero-order valence-electron chi connectivity index (χ0n) is 16.3. The molecule has 0 fully saturated rings. The zero-order chi connectivity index (χ0) is 21.3. The number of hydrogen-bond acceptors (Lipinski definition) is 9. The van der Waals surface area contributed by atoms with Gasteiger partial charge in [0, 0.05) is 0 Å². The molecule has 1 N–H and O–H groups in total. The topological polar surface area (TPSA) is 108 Å². The number of rotatable bonds is 9. The van der Waals surface area contributed by atoms with E-state index in [4.69, 9.17) is 25.5 Å². The molecule has 0 aliphatic heterocycles. The lowest BCUT2D eigenvalue weighted by Gasteiger charge is -2.11. The number of ether oxygens (including phenoxy) is 3. The van der Waals surface area contributed by atoms with Crippen LogP contribution in [0.2, 0.25) is 5.15 Å². The van der Waals surface area contributed by atoms with Crippen molar-refractivity contribution in [3.63, 3.8) is 0 Å². The fraction of sp³-hybridized carbons (Fsp3) is 0.200. The van der Waals surface area contributed by atoms with E-state index in [0.29, 0.717) is 34.8 Å². The van der Waals surface area contributed by atoms with E-state index in [1.165, 1.54) is 13.2 Å². The first-order chi connectivity index (χ1) is 14.6. The third kappa shape index (κ3) is 5.71. The van der Waals surface area contributed by atoms with Gasteiger partial charge < -0.3 is 18.6 Å². The molecule has 30 heavy (non-hydrogen) atoms. The number of carbonyl (C=O) groups is 1. The summed E-state index contributed by atoms with van der Waals surface area (Å²) < 4.78 is 21.4. The van der Waals surface area contributed by atoms with Crippen LogP contribution in [0.4, 0.5) is 5.82 Å². The Balaban J connectivity index is 1.65. The Bertz CT molecular complexity index is 1020. The van der Waals surface area contributed by atoms with Gasteiger partial charge in [0.15, 0.2) is 22.5 Å². The van der Waals surface area contributed by atoms with Crippen LogP contribution in [0.1, 0.15) is 28.8 Å². The number of furan rings is 1. The second-order valence-corrected chi connectivity index (χ2v) is 6.18. The summed E-state index contributed by atoms with van der Waals surface area (Å²) in [6.45, 7) is 2.46. The largest absolute Gasteiger partial charge is 0.490 e. The van der Waals surface area contributed by atoms with E-state index >= 15 is 0 Å². The van der Waals surface area contributed by atoms with E-state index in [2.05, 4.69) is 25.5 Å². The van der Waals surface area contributed by atoms with Crippen molar-refractivity contribution < 1.29 is 23.4 Å². The number of anilines is 1. The summed E-state index contributed by atoms with van der Waals surface area (Å²) in [4.78, 5) is 11.5. The number of methoxy groups -OCH3 is 1. The van der Waals surface area contributed by atoms with Crippen molar-refractivity contribution in [1.82, 2.24) is 10.2 Å². The number of nitrogens with zero attached hydrogens (tertiary/aromatic N) is 3. The molecular weight excluding hydrogens is 412 g/mol. The van der Waals surface area contributed by atoms with Crippen LogP contribution in [-0.2, 0) is 11.3 Å². The van der Waals surface area contributed by atoms with Gasteiger partial charge in [-0.05, 0) is 55.0 Å². The number of hydrogen-bond donors (Lipinski definition) is 1. The highest BCUT2D eigenvalue weighted by atomic mass is 35.5. The molecule has 3 rings (SSSR count). The standard InChI is InChI=1S/C20H19ClN4O5/c1-3-28-17-10-13(11-22-24-19-9-8-18(21)23-25-19)4-6-15(17)29-12-14-5-7-16(30-14)20(26)27-2/h4-11H,3,12H2,1-2H3,(H,24,25)/b22-11+. The molecule has 0 saturated carbocycles. The van der Waals surface area contributed by atoms with Crippen molar-refractivity contribution in [2.75, 3.05) is 19.1 Å². The minimum Gasteiger partial charge on any atom is -0.490 e. The average Bonchev–Trinajstić information content (AvgIpc) is 3.23. The summed E-state index contributed by atoms with van der Waals surface area (Å²) in [5.74, 6) is 1.60. The van der Waals surface area contributed by atoms with E-state index in [-0.39, 0.29) is 12.4 Å². The summed E-state index contributed by atoms with van der Waals surface area (Å²) >= 11 is 5.70. The first-order valence-electron chi connectivity index (χ1n) is 8.94. The van der Waals surface area contributed by atoms with Crippen molar-refractivity contribution in [3.8, 4) is 11.5 Å². The van der Waals surface area contributed by atoms with Gasteiger partial charge in [-0.15, -0.1) is 10.2 Å². The van der Waals surface area contributed by atoms with E-state index in [1.54, 1.807) is 36.5 Å². The molecule has 0 spiro atoms. The van der Waals surface area contributed by atoms with Gasteiger partial charge in [-0.25, -0.2) is 4.79 Å². The van der Waals surface area contributed by atoms with Crippen molar-refractivity contribution >= 4 is 29.6 Å². The highest BCUT2D eigenvalue weighted by Gasteiger charge is 2.12. The molecule has 0 aliphatic rings. The van der Waals surface area contributed by atoms with Gasteiger partial charge in [0.25, 0.3) is 0 Å². The minimum absolute atomic E-state index is 0.116. The summed E-state index contributed by atoms with van der Waals surface area (Å²) in [5, 5.41) is 12.0. The molecule has 0 bridgehead atoms. The van der Waals surface area contributed by atoms with Crippen molar-refractivity contribution in [2.24, 2.45) is 5.10 Å². The Morgan fingerprint density at radius 1 is 1.17 bits per heavy atom. The van der Waals surface area contributed by atoms with Gasteiger partial charge in [-0.1, -0.05) is 11.6 Å². The number of nitrogens with one attached hydrogen (secondary N) is 1. The molecule has 10 heteroatoms. The number of halogens is 1. The number of aromatic nitrogens is 2. The zero-order valence-corrected chi connectivity index (χ0v) is 17.0. The smallest absolute Gasteiger partial charge is 0.373 e. The maximum absolute atomic E-state index is 11.5. The van der Waals surface area contributed by atoms with E-state index < -0.39 is 5.97 Å². The molecule has 3 aromatic rings. The van der Waals surface area contributed by atoms with Crippen LogP contribution in [0.5, 0.6) is 11.5 Å². The highest BCUT2D eigenvalue weighted by Crippen LogP contribution is 2.29. The van der Waals surface area contributed by atoms with Crippen LogP contribution in [0.3, 0.4) is 0 Å². The van der Waals surface area contributed by atoms with Crippen LogP contribution in [0.15, 0.2) is 52.0 Å². The van der Waals surface area contributed by atoms with Gasteiger partial charge in [0.1, 0.15) is 12.4 Å². The van der Waals surface area contributed by atoms with Gasteiger partial charge in [-0.2, -0.15) is 5.10 Å². The molecule has 0 saturated heterocycles. The normalized spacial score (nSPS) is 10.8. The second kappa shape index (κ2) is 10.3. The molecule has 2 heterocycles. The van der Waals surface area contributed by atoms with Crippen molar-refractivity contribution in [2.45, 2.75) is 13.5 Å². The van der Waals surface area contributed by atoms with Gasteiger partial charge in [-0.3, -0.25) is 5.43 Å². The molecule has 1 aromatic carbocycles. The summed E-state index contributed by atoms with van der Waals surface area (Å²) in [5.41, 5.74) is 3.55. The van der Waals surface area contributed by atoms with E-state index in [1.807, 2.05) is 13.0 Å². The van der Waals surface area contributed by atoms with Gasteiger partial charge >= 0.3 is 5.97 Å². The maximum Gasteiger partial charge on any atom is 0.373 e. The first kappa shape index (κ1) is 21.1. The minimum atomic E-state index is -0.543. The summed E-state index contributed by atoms with van der Waals surface area (Å²) in [7, 11) is 1.29. The number of esters is 1. The molecule has 156 valence electrons. The third-order valence-electron chi connectivity index (χ3n) is 3.71. The lowest BCUT2D eigenvalue weighted by molar-refractivity contribution is 0.0561. The number of benzene rings is 1. The summed E-state index contributed by atoms with van der Waals surface area (Å²) in [6, 6.07) is 11.8. The fourth-order valence-corrected chi connectivity index (χ4v) is 2.46. The van der Waals surface area contributed by atoms with Gasteiger partial charge in [0.05, 0.1) is 19.9 Å². The second-order valence-electron chi connectivity index (χ2n) is 5.80. The van der Waals surface area contributed by atoms with Crippen molar-refractivity contribution in [3.05, 3.63) is 64.7 Å². The predicted molar refractivity (Wildman–Crippen MR) is 110 cm³/mol. The number of carbonyl (C=O) groups excluding carboxylic acids is 1. The first-order valence-corrected chi connectivity index (χ1v) is 9.32. The molecular formula is C20H19ClN4O5. The third-order valence-corrected chi connectivity index (χ3v) is 3.91. The van der Waals surface area contributed by atoms with Crippen LogP contribution in [0.25, 0.3) is 0 Å². The molecule has 0 atom stereocenters. The van der Waals surface area contributed by atoms with Crippen LogP contribution in [-0.4, -0.2) is 36.1 Å². The van der Waals surface area contributed by atoms with Crippen LogP contribution in [0, 0.1) is 0 Å². The quantitative estimate of drug-likeness (QED) is 0.309. The summed E-state index contributed by atoms with van der Waals surface area (Å²) in [6.07, 6.45) is 1.61. The Morgan fingerprint density at radius 2 is 2.03 bits per heavy atom. The SMILES string of the molecule is CCOc1cc(/C=N/Nc2ccc(Cl)nn2)ccc1OCc1ccc(C(=O)OC)o1. The van der Waals surface area contributed by atoms with E-state index in [9.17, 15) is 4.79 Å². The Kier molecular flexibility index (Phi) is 7.23. The van der Waals surface area contributed by atoms with Crippen LogP contribution >= 0.6 is 11.6 Å². The Hall–Kier alpha value is -3.59. The van der Waals surface area contributed by atoms with Crippen molar-refractivity contribution in [1.29, 1.82) is 0 Å². The Labute approximate surface area is 177 Å². The predicted octanol–water partition coefficient (Wildman–Crippen LogP) is 3.93. The molecule has 0 unspecified atom stereocenters. The van der Waals surface area contributed by atoms with E-state index in [0.717, 1.165) is 5.56 Å². The molecule has 2 aromatic heterocycles.